The van der Waals surface area contributed by atoms with Gasteiger partial charge in [-0.1, -0.05) is 6.92 Å². The van der Waals surface area contributed by atoms with Crippen molar-refractivity contribution in [2.24, 2.45) is 0 Å². The SMILES string of the molecule is CCCSCc1nc(N)c2cc(C)sc2n1. The average Bonchev–Trinajstić information content (AvgIpc) is 2.60. The lowest BCUT2D eigenvalue weighted by Gasteiger charge is -2.01. The first kappa shape index (κ1) is 11.7. The summed E-state index contributed by atoms with van der Waals surface area (Å²) >= 11 is 3.53. The minimum absolute atomic E-state index is 0.612. The first-order chi connectivity index (χ1) is 7.70. The van der Waals surface area contributed by atoms with E-state index < -0.39 is 0 Å². The second kappa shape index (κ2) is 5.01. The number of aromatic nitrogens is 2. The normalized spacial score (nSPS) is 11.1. The van der Waals surface area contributed by atoms with Crippen LogP contribution in [0.25, 0.3) is 10.2 Å². The van der Waals surface area contributed by atoms with E-state index in [-0.39, 0.29) is 0 Å². The van der Waals surface area contributed by atoms with Crippen LogP contribution in [-0.4, -0.2) is 15.7 Å². The molecule has 5 heteroatoms. The number of aryl methyl sites for hydroxylation is 1. The highest BCUT2D eigenvalue weighted by Crippen LogP contribution is 2.27. The second-order valence-electron chi connectivity index (χ2n) is 3.65. The Labute approximate surface area is 103 Å². The van der Waals surface area contributed by atoms with Gasteiger partial charge in [-0.05, 0) is 25.2 Å². The average molecular weight is 253 g/mol. The van der Waals surface area contributed by atoms with E-state index in [0.29, 0.717) is 5.82 Å². The number of hydrogen-bond donors (Lipinski definition) is 1. The Morgan fingerprint density at radius 2 is 2.25 bits per heavy atom. The van der Waals surface area contributed by atoms with Crippen LogP contribution in [0.1, 0.15) is 24.0 Å². The van der Waals surface area contributed by atoms with Crippen molar-refractivity contribution in [1.29, 1.82) is 0 Å². The Kier molecular flexibility index (Phi) is 3.66. The van der Waals surface area contributed by atoms with Gasteiger partial charge in [0.25, 0.3) is 0 Å². The first-order valence-corrected chi connectivity index (χ1v) is 7.28. The van der Waals surface area contributed by atoms with Crippen molar-refractivity contribution >= 4 is 39.1 Å². The quantitative estimate of drug-likeness (QED) is 0.850. The molecule has 0 aliphatic heterocycles. The van der Waals surface area contributed by atoms with Gasteiger partial charge in [0, 0.05) is 4.88 Å². The summed E-state index contributed by atoms with van der Waals surface area (Å²) in [5.74, 6) is 3.46. The van der Waals surface area contributed by atoms with Crippen molar-refractivity contribution in [2.45, 2.75) is 26.0 Å². The summed E-state index contributed by atoms with van der Waals surface area (Å²) in [4.78, 5) is 11.1. The van der Waals surface area contributed by atoms with Gasteiger partial charge in [-0.3, -0.25) is 0 Å². The van der Waals surface area contributed by atoms with Gasteiger partial charge in [0.15, 0.2) is 0 Å². The maximum atomic E-state index is 5.92. The maximum Gasteiger partial charge on any atom is 0.142 e. The molecule has 2 N–H and O–H groups in total. The van der Waals surface area contributed by atoms with Crippen LogP contribution in [0, 0.1) is 6.92 Å². The molecule has 0 aliphatic carbocycles. The standard InChI is InChI=1S/C11H15N3S2/c1-3-4-15-6-9-13-10(12)8-5-7(2)16-11(8)14-9/h5H,3-4,6H2,1-2H3,(H2,12,13,14). The molecule has 0 saturated heterocycles. The van der Waals surface area contributed by atoms with Gasteiger partial charge < -0.3 is 5.73 Å². The van der Waals surface area contributed by atoms with Crippen LogP contribution in [0.5, 0.6) is 0 Å². The number of rotatable bonds is 4. The summed E-state index contributed by atoms with van der Waals surface area (Å²) in [7, 11) is 0. The van der Waals surface area contributed by atoms with Crippen LogP contribution in [0.4, 0.5) is 5.82 Å². The molecule has 0 aromatic carbocycles. The van der Waals surface area contributed by atoms with E-state index >= 15 is 0 Å². The molecule has 2 heterocycles. The van der Waals surface area contributed by atoms with Crippen LogP contribution in [0.3, 0.4) is 0 Å². The molecule has 0 bridgehead atoms. The minimum atomic E-state index is 0.612. The molecule has 0 unspecified atom stereocenters. The molecule has 0 aliphatic rings. The number of nitrogen functional groups attached to an aromatic ring is 1. The number of thiophene rings is 1. The predicted molar refractivity (Wildman–Crippen MR) is 73.0 cm³/mol. The molecule has 0 saturated carbocycles. The van der Waals surface area contributed by atoms with Gasteiger partial charge in [0.05, 0.1) is 11.1 Å². The summed E-state index contributed by atoms with van der Waals surface area (Å²) in [5.41, 5.74) is 5.92. The van der Waals surface area contributed by atoms with Gasteiger partial charge >= 0.3 is 0 Å². The summed E-state index contributed by atoms with van der Waals surface area (Å²) in [6.07, 6.45) is 1.18. The van der Waals surface area contributed by atoms with E-state index in [1.54, 1.807) is 11.3 Å². The number of hydrogen-bond acceptors (Lipinski definition) is 5. The van der Waals surface area contributed by atoms with E-state index in [1.807, 2.05) is 11.8 Å². The van der Waals surface area contributed by atoms with Crippen molar-refractivity contribution in [2.75, 3.05) is 11.5 Å². The molecule has 16 heavy (non-hydrogen) atoms. The highest BCUT2D eigenvalue weighted by Gasteiger charge is 2.07. The number of thioether (sulfide) groups is 1. The lowest BCUT2D eigenvalue weighted by Crippen LogP contribution is -1.98. The highest BCUT2D eigenvalue weighted by atomic mass is 32.2. The zero-order chi connectivity index (χ0) is 11.5. The zero-order valence-corrected chi connectivity index (χ0v) is 11.1. The Hall–Kier alpha value is -0.810. The van der Waals surface area contributed by atoms with Crippen molar-refractivity contribution < 1.29 is 0 Å². The number of anilines is 1. The van der Waals surface area contributed by atoms with Crippen molar-refractivity contribution in [3.63, 3.8) is 0 Å². The van der Waals surface area contributed by atoms with E-state index in [9.17, 15) is 0 Å². The fourth-order valence-corrected chi connectivity index (χ4v) is 3.13. The van der Waals surface area contributed by atoms with Gasteiger partial charge in [0.1, 0.15) is 16.5 Å². The predicted octanol–water partition coefficient (Wildman–Crippen LogP) is 3.23. The minimum Gasteiger partial charge on any atom is -0.383 e. The van der Waals surface area contributed by atoms with Crippen molar-refractivity contribution in [3.8, 4) is 0 Å². The monoisotopic (exact) mass is 253 g/mol. The lowest BCUT2D eigenvalue weighted by atomic mass is 10.3. The zero-order valence-electron chi connectivity index (χ0n) is 9.49. The van der Waals surface area contributed by atoms with E-state index in [0.717, 1.165) is 27.5 Å². The van der Waals surface area contributed by atoms with Gasteiger partial charge in [-0.15, -0.1) is 11.3 Å². The van der Waals surface area contributed by atoms with Crippen LogP contribution < -0.4 is 5.73 Å². The molecule has 86 valence electrons. The van der Waals surface area contributed by atoms with Crippen molar-refractivity contribution in [1.82, 2.24) is 9.97 Å². The Morgan fingerprint density at radius 3 is 3.00 bits per heavy atom. The third-order valence-electron chi connectivity index (χ3n) is 2.17. The topological polar surface area (TPSA) is 51.8 Å². The molecular weight excluding hydrogens is 238 g/mol. The lowest BCUT2D eigenvalue weighted by molar-refractivity contribution is 1.07. The van der Waals surface area contributed by atoms with Crippen LogP contribution in [0.15, 0.2) is 6.07 Å². The Morgan fingerprint density at radius 1 is 1.44 bits per heavy atom. The van der Waals surface area contributed by atoms with Gasteiger partial charge in [-0.25, -0.2) is 9.97 Å². The molecule has 0 radical (unpaired) electrons. The van der Waals surface area contributed by atoms with Crippen LogP contribution in [0.2, 0.25) is 0 Å². The van der Waals surface area contributed by atoms with E-state index in [2.05, 4.69) is 29.9 Å². The number of nitrogens with zero attached hydrogens (tertiary/aromatic N) is 2. The Balaban J connectivity index is 2.27. The molecule has 0 spiro atoms. The second-order valence-corrected chi connectivity index (χ2v) is 5.99. The third kappa shape index (κ3) is 2.47. The molecule has 2 rings (SSSR count). The smallest absolute Gasteiger partial charge is 0.142 e. The molecule has 2 aromatic heterocycles. The van der Waals surface area contributed by atoms with E-state index in [4.69, 9.17) is 5.73 Å². The fraction of sp³-hybridized carbons (Fsp3) is 0.455. The molecule has 0 atom stereocenters. The first-order valence-electron chi connectivity index (χ1n) is 5.31. The highest BCUT2D eigenvalue weighted by molar-refractivity contribution is 7.98. The number of fused-ring (bicyclic) bond motifs is 1. The number of nitrogens with two attached hydrogens (primary N) is 1. The molecular formula is C11H15N3S2. The third-order valence-corrected chi connectivity index (χ3v) is 4.27. The van der Waals surface area contributed by atoms with Crippen LogP contribution >= 0.6 is 23.1 Å². The van der Waals surface area contributed by atoms with Gasteiger partial charge in [0.2, 0.25) is 0 Å². The summed E-state index contributed by atoms with van der Waals surface area (Å²) < 4.78 is 0. The largest absolute Gasteiger partial charge is 0.383 e. The molecule has 3 nitrogen and oxygen atoms in total. The summed E-state index contributed by atoms with van der Waals surface area (Å²) in [5, 5.41) is 0.992. The molecule has 2 aromatic rings. The summed E-state index contributed by atoms with van der Waals surface area (Å²) in [6.45, 7) is 4.24. The van der Waals surface area contributed by atoms with Crippen LogP contribution in [-0.2, 0) is 5.75 Å². The maximum absolute atomic E-state index is 5.92. The van der Waals surface area contributed by atoms with Gasteiger partial charge in [-0.2, -0.15) is 11.8 Å². The van der Waals surface area contributed by atoms with Crippen molar-refractivity contribution in [3.05, 3.63) is 16.8 Å². The molecule has 0 amide bonds. The molecule has 0 fully saturated rings. The van der Waals surface area contributed by atoms with E-state index in [1.165, 1.54) is 11.3 Å². The Bertz CT molecular complexity index is 493. The fourth-order valence-electron chi connectivity index (χ4n) is 1.48. The summed E-state index contributed by atoms with van der Waals surface area (Å²) in [6, 6.07) is 2.05.